The first-order chi connectivity index (χ1) is 7.59. The number of hydrogen-bond acceptors (Lipinski definition) is 2. The molecule has 0 amide bonds. The highest BCUT2D eigenvalue weighted by molar-refractivity contribution is 6.03. The predicted octanol–water partition coefficient (Wildman–Crippen LogP) is 2.89. The SMILES string of the molecule is COC1(C(=O)c2ccc(F)c(C)c2)CCC1. The van der Waals surface area contributed by atoms with Gasteiger partial charge in [0, 0.05) is 12.7 Å². The van der Waals surface area contributed by atoms with Crippen LogP contribution in [0.1, 0.15) is 35.2 Å². The van der Waals surface area contributed by atoms with E-state index in [0.717, 1.165) is 19.3 Å². The zero-order valence-electron chi connectivity index (χ0n) is 9.55. The number of benzene rings is 1. The fourth-order valence-electron chi connectivity index (χ4n) is 2.07. The van der Waals surface area contributed by atoms with E-state index < -0.39 is 5.60 Å². The van der Waals surface area contributed by atoms with Gasteiger partial charge in [0.1, 0.15) is 11.4 Å². The minimum absolute atomic E-state index is 0.0237. The van der Waals surface area contributed by atoms with Gasteiger partial charge in [-0.2, -0.15) is 0 Å². The van der Waals surface area contributed by atoms with Gasteiger partial charge in [-0.1, -0.05) is 0 Å². The average molecular weight is 222 g/mol. The van der Waals surface area contributed by atoms with E-state index in [4.69, 9.17) is 4.74 Å². The summed E-state index contributed by atoms with van der Waals surface area (Å²) in [6.07, 6.45) is 2.54. The maximum Gasteiger partial charge on any atom is 0.194 e. The van der Waals surface area contributed by atoms with Crippen LogP contribution >= 0.6 is 0 Å². The molecule has 0 radical (unpaired) electrons. The molecule has 0 aromatic heterocycles. The molecule has 0 spiro atoms. The third-order valence-corrected chi connectivity index (χ3v) is 3.39. The number of carbonyl (C=O) groups excluding carboxylic acids is 1. The van der Waals surface area contributed by atoms with Crippen molar-refractivity contribution in [1.82, 2.24) is 0 Å². The quantitative estimate of drug-likeness (QED) is 0.735. The molecule has 2 nitrogen and oxygen atoms in total. The summed E-state index contributed by atoms with van der Waals surface area (Å²) in [7, 11) is 1.56. The maximum atomic E-state index is 13.1. The van der Waals surface area contributed by atoms with E-state index in [2.05, 4.69) is 0 Å². The van der Waals surface area contributed by atoms with Gasteiger partial charge in [-0.3, -0.25) is 4.79 Å². The van der Waals surface area contributed by atoms with Crippen molar-refractivity contribution >= 4 is 5.78 Å². The lowest BCUT2D eigenvalue weighted by molar-refractivity contribution is -0.0448. The molecule has 0 N–H and O–H groups in total. The van der Waals surface area contributed by atoms with Gasteiger partial charge < -0.3 is 4.74 Å². The Hall–Kier alpha value is -1.22. The van der Waals surface area contributed by atoms with Crippen LogP contribution in [0.2, 0.25) is 0 Å². The number of aryl methyl sites for hydroxylation is 1. The molecule has 2 rings (SSSR count). The normalized spacial score (nSPS) is 17.9. The molecule has 3 heteroatoms. The second-order valence-electron chi connectivity index (χ2n) is 4.35. The van der Waals surface area contributed by atoms with Crippen LogP contribution in [0.5, 0.6) is 0 Å². The first kappa shape index (κ1) is 11.3. The van der Waals surface area contributed by atoms with Gasteiger partial charge in [0.25, 0.3) is 0 Å². The first-order valence-electron chi connectivity index (χ1n) is 5.45. The summed E-state index contributed by atoms with van der Waals surface area (Å²) in [5.41, 5.74) is 0.390. The third-order valence-electron chi connectivity index (χ3n) is 3.39. The minimum Gasteiger partial charge on any atom is -0.370 e. The second-order valence-corrected chi connectivity index (χ2v) is 4.35. The minimum atomic E-state index is -0.649. The molecule has 0 atom stereocenters. The molecule has 1 aliphatic carbocycles. The number of hydrogen-bond donors (Lipinski definition) is 0. The van der Waals surface area contributed by atoms with Crippen LogP contribution in [0.4, 0.5) is 4.39 Å². The fourth-order valence-corrected chi connectivity index (χ4v) is 2.07. The van der Waals surface area contributed by atoms with Gasteiger partial charge in [0.15, 0.2) is 5.78 Å². The summed E-state index contributed by atoms with van der Waals surface area (Å²) in [5, 5.41) is 0. The molecule has 1 aliphatic rings. The number of rotatable bonds is 3. The molecule has 0 unspecified atom stereocenters. The van der Waals surface area contributed by atoms with Crippen LogP contribution in [-0.2, 0) is 4.74 Å². The summed E-state index contributed by atoms with van der Waals surface area (Å²) in [5.74, 6) is -0.305. The summed E-state index contributed by atoms with van der Waals surface area (Å²) in [4.78, 5) is 12.2. The van der Waals surface area contributed by atoms with Crippen LogP contribution in [0.25, 0.3) is 0 Å². The topological polar surface area (TPSA) is 26.3 Å². The van der Waals surface area contributed by atoms with Crippen molar-refractivity contribution in [3.8, 4) is 0 Å². The van der Waals surface area contributed by atoms with Crippen LogP contribution in [0.3, 0.4) is 0 Å². The molecular formula is C13H15FO2. The Balaban J connectivity index is 2.30. The van der Waals surface area contributed by atoms with E-state index in [-0.39, 0.29) is 11.6 Å². The summed E-state index contributed by atoms with van der Waals surface area (Å²) in [6, 6.07) is 4.46. The lowest BCUT2D eigenvalue weighted by Crippen LogP contribution is -2.47. The highest BCUT2D eigenvalue weighted by Crippen LogP contribution is 2.38. The Kier molecular flexibility index (Phi) is 2.80. The van der Waals surface area contributed by atoms with E-state index >= 15 is 0 Å². The Morgan fingerprint density at radius 2 is 2.12 bits per heavy atom. The summed E-state index contributed by atoms with van der Waals surface area (Å²) >= 11 is 0. The molecular weight excluding hydrogens is 207 g/mol. The number of Topliss-reactive ketones (excluding diaryl/α,β-unsaturated/α-hetero) is 1. The first-order valence-corrected chi connectivity index (χ1v) is 5.45. The lowest BCUT2D eigenvalue weighted by Gasteiger charge is -2.38. The van der Waals surface area contributed by atoms with Crippen LogP contribution in [0.15, 0.2) is 18.2 Å². The van der Waals surface area contributed by atoms with E-state index in [1.807, 2.05) is 0 Å². The smallest absolute Gasteiger partial charge is 0.194 e. The molecule has 0 saturated heterocycles. The number of methoxy groups -OCH3 is 1. The van der Waals surface area contributed by atoms with Crippen molar-refractivity contribution in [3.63, 3.8) is 0 Å². The van der Waals surface area contributed by atoms with Crippen LogP contribution in [0, 0.1) is 12.7 Å². The molecule has 1 saturated carbocycles. The molecule has 0 bridgehead atoms. The van der Waals surface area contributed by atoms with Gasteiger partial charge >= 0.3 is 0 Å². The molecule has 0 aliphatic heterocycles. The highest BCUT2D eigenvalue weighted by atomic mass is 19.1. The summed E-state index contributed by atoms with van der Waals surface area (Å²) in [6.45, 7) is 1.66. The maximum absolute atomic E-state index is 13.1. The largest absolute Gasteiger partial charge is 0.370 e. The van der Waals surface area contributed by atoms with Gasteiger partial charge in [-0.05, 0) is 49.9 Å². The van der Waals surface area contributed by atoms with Gasteiger partial charge in [-0.15, -0.1) is 0 Å². The zero-order chi connectivity index (χ0) is 11.8. The number of carbonyl (C=O) groups is 1. The van der Waals surface area contributed by atoms with E-state index in [1.54, 1.807) is 20.1 Å². The van der Waals surface area contributed by atoms with Crippen molar-refractivity contribution in [3.05, 3.63) is 35.1 Å². The van der Waals surface area contributed by atoms with Crippen molar-refractivity contribution in [1.29, 1.82) is 0 Å². The summed E-state index contributed by atoms with van der Waals surface area (Å²) < 4.78 is 18.4. The van der Waals surface area contributed by atoms with Gasteiger partial charge in [-0.25, -0.2) is 4.39 Å². The second kappa shape index (κ2) is 3.98. The fraction of sp³-hybridized carbons (Fsp3) is 0.462. The number of halogens is 1. The molecule has 1 aromatic rings. The zero-order valence-corrected chi connectivity index (χ0v) is 9.55. The van der Waals surface area contributed by atoms with Gasteiger partial charge in [0.05, 0.1) is 0 Å². The van der Waals surface area contributed by atoms with Crippen molar-refractivity contribution in [2.45, 2.75) is 31.8 Å². The third kappa shape index (κ3) is 1.65. The van der Waals surface area contributed by atoms with E-state index in [1.165, 1.54) is 12.1 Å². The molecule has 86 valence electrons. The lowest BCUT2D eigenvalue weighted by atomic mass is 9.74. The standard InChI is InChI=1S/C13H15FO2/c1-9-8-10(4-5-11(9)14)12(15)13(16-2)6-3-7-13/h4-5,8H,3,6-7H2,1-2H3. The number of ketones is 1. The van der Waals surface area contributed by atoms with Crippen molar-refractivity contribution in [2.75, 3.05) is 7.11 Å². The van der Waals surface area contributed by atoms with Crippen LogP contribution < -0.4 is 0 Å². The Labute approximate surface area is 94.4 Å². The Morgan fingerprint density at radius 3 is 2.56 bits per heavy atom. The van der Waals surface area contributed by atoms with Crippen LogP contribution in [-0.4, -0.2) is 18.5 Å². The average Bonchev–Trinajstić information content (AvgIpc) is 2.21. The van der Waals surface area contributed by atoms with E-state index in [9.17, 15) is 9.18 Å². The van der Waals surface area contributed by atoms with Crippen molar-refractivity contribution in [2.24, 2.45) is 0 Å². The number of ether oxygens (including phenoxy) is 1. The predicted molar refractivity (Wildman–Crippen MR) is 59.1 cm³/mol. The molecule has 0 heterocycles. The molecule has 1 fully saturated rings. The van der Waals surface area contributed by atoms with Gasteiger partial charge in [0.2, 0.25) is 0 Å². The Bertz CT molecular complexity index is 416. The molecule has 16 heavy (non-hydrogen) atoms. The Morgan fingerprint density at radius 1 is 1.44 bits per heavy atom. The molecule has 1 aromatic carbocycles. The van der Waals surface area contributed by atoms with E-state index in [0.29, 0.717) is 11.1 Å². The monoisotopic (exact) mass is 222 g/mol. The highest BCUT2D eigenvalue weighted by Gasteiger charge is 2.44. The van der Waals surface area contributed by atoms with Crippen molar-refractivity contribution < 1.29 is 13.9 Å².